The summed E-state index contributed by atoms with van der Waals surface area (Å²) in [5.74, 6) is -1.62. The van der Waals surface area contributed by atoms with Crippen LogP contribution >= 0.6 is 11.3 Å². The number of β-amino-alcohol motifs (C(OH)–C–C–N with tert-alkyl or cyclic N) is 1. The molecule has 5 aliphatic heterocycles. The summed E-state index contributed by atoms with van der Waals surface area (Å²) >= 11 is 1.56. The Labute approximate surface area is 543 Å². The molecule has 1 spiro atoms. The molecule has 5 aliphatic rings. The molecule has 0 unspecified atom stereocenters. The molecule has 0 bridgehead atoms. The summed E-state index contributed by atoms with van der Waals surface area (Å²) in [5.41, 5.74) is 4.03. The van der Waals surface area contributed by atoms with Crippen LogP contribution in [0, 0.1) is 29.4 Å². The molecule has 0 saturated carbocycles. The maximum Gasteiger partial charge on any atom is 0.246 e. The number of nitrogens with one attached hydrogen (secondary N) is 6. The third-order valence-electron chi connectivity index (χ3n) is 18.6. The number of aryl methyl sites for hydroxylation is 1. The minimum absolute atomic E-state index is 0.0462. The molecule has 5 fully saturated rings. The Morgan fingerprint density at radius 3 is 2.20 bits per heavy atom. The lowest BCUT2D eigenvalue weighted by Crippen LogP contribution is -2.66. The summed E-state index contributed by atoms with van der Waals surface area (Å²) in [4.78, 5) is 106. The van der Waals surface area contributed by atoms with E-state index in [1.807, 2.05) is 70.5 Å². The Balaban J connectivity index is 0.597. The quantitative estimate of drug-likeness (QED) is 0.0424. The average Bonchev–Trinajstić information content (AvgIpc) is 1.75. The van der Waals surface area contributed by atoms with E-state index in [4.69, 9.17) is 4.74 Å². The lowest BCUT2D eigenvalue weighted by molar-refractivity contribution is -0.144. The van der Waals surface area contributed by atoms with Gasteiger partial charge in [-0.3, -0.25) is 43.5 Å². The Morgan fingerprint density at radius 2 is 1.50 bits per heavy atom. The van der Waals surface area contributed by atoms with Gasteiger partial charge in [-0.05, 0) is 87.1 Å². The zero-order valence-corrected chi connectivity index (χ0v) is 55.4. The van der Waals surface area contributed by atoms with Crippen LogP contribution in [0.5, 0.6) is 0 Å². The van der Waals surface area contributed by atoms with E-state index in [0.717, 1.165) is 79.6 Å². The number of piperazine rings is 2. The fourth-order valence-electron chi connectivity index (χ4n) is 12.8. The molecule has 502 valence electrons. The summed E-state index contributed by atoms with van der Waals surface area (Å²) in [6, 6.07) is 10.0. The first-order valence-corrected chi connectivity index (χ1v) is 33.5. The molecule has 7 heterocycles. The number of piperidine rings is 2. The van der Waals surface area contributed by atoms with Crippen LogP contribution < -0.4 is 41.7 Å². The first-order chi connectivity index (χ1) is 43.9. The topological polar surface area (TPSA) is 262 Å². The van der Waals surface area contributed by atoms with Crippen molar-refractivity contribution < 1.29 is 47.4 Å². The highest BCUT2D eigenvalue weighted by atomic mass is 32.1. The molecule has 4 atom stereocenters. The predicted molar refractivity (Wildman–Crippen MR) is 350 cm³/mol. The highest BCUT2D eigenvalue weighted by Gasteiger charge is 2.46. The van der Waals surface area contributed by atoms with E-state index in [1.54, 1.807) is 16.2 Å². The third-order valence-corrected chi connectivity index (χ3v) is 19.6. The Kier molecular flexibility index (Phi) is 23.6. The molecule has 2 aromatic heterocycles. The highest BCUT2D eigenvalue weighted by Crippen LogP contribution is 2.36. The van der Waals surface area contributed by atoms with Gasteiger partial charge in [-0.2, -0.15) is 0 Å². The lowest BCUT2D eigenvalue weighted by atomic mass is 9.82. The van der Waals surface area contributed by atoms with Crippen molar-refractivity contribution in [1.29, 1.82) is 0 Å². The predicted octanol–water partition coefficient (Wildman–Crippen LogP) is 4.60. The number of likely N-dealkylation sites (tertiary alicyclic amines) is 2. The number of thiazole rings is 1. The van der Waals surface area contributed by atoms with E-state index in [9.17, 15) is 33.9 Å². The molecule has 6 amide bonds. The van der Waals surface area contributed by atoms with E-state index >= 15 is 8.78 Å². The molecule has 26 heteroatoms. The van der Waals surface area contributed by atoms with Crippen molar-refractivity contribution >= 4 is 64.1 Å². The van der Waals surface area contributed by atoms with Crippen LogP contribution in [-0.4, -0.2) is 217 Å². The van der Waals surface area contributed by atoms with Crippen molar-refractivity contribution in [1.82, 2.24) is 61.1 Å². The van der Waals surface area contributed by atoms with Gasteiger partial charge < -0.3 is 56.4 Å². The maximum atomic E-state index is 15.7. The van der Waals surface area contributed by atoms with Gasteiger partial charge in [-0.1, -0.05) is 58.9 Å². The molecule has 23 nitrogen and oxygen atoms in total. The molecule has 7 N–H and O–H groups in total. The first-order valence-electron chi connectivity index (χ1n) is 32.6. The van der Waals surface area contributed by atoms with E-state index in [1.165, 1.54) is 23.4 Å². The summed E-state index contributed by atoms with van der Waals surface area (Å²) in [6.45, 7) is 23.6. The van der Waals surface area contributed by atoms with Crippen LogP contribution in [0.15, 0.2) is 54.3 Å². The van der Waals surface area contributed by atoms with Crippen LogP contribution in [0.25, 0.3) is 10.4 Å². The van der Waals surface area contributed by atoms with Crippen LogP contribution in [0.4, 0.5) is 26.1 Å². The van der Waals surface area contributed by atoms with Crippen molar-refractivity contribution in [2.24, 2.45) is 10.8 Å². The molecule has 2 aromatic carbocycles. The minimum Gasteiger partial charge on any atom is -0.391 e. The van der Waals surface area contributed by atoms with Gasteiger partial charge in [-0.25, -0.2) is 23.7 Å². The number of aliphatic hydroxyl groups is 1. The first kappa shape index (κ1) is 69.4. The summed E-state index contributed by atoms with van der Waals surface area (Å²) in [6.07, 6.45) is 4.32. The molecule has 5 saturated heterocycles. The molecule has 0 radical (unpaired) electrons. The van der Waals surface area contributed by atoms with Gasteiger partial charge in [0.1, 0.15) is 48.3 Å². The fourth-order valence-corrected chi connectivity index (χ4v) is 13.6. The summed E-state index contributed by atoms with van der Waals surface area (Å²) in [5, 5.41) is 28.9. The number of benzene rings is 2. The zero-order chi connectivity index (χ0) is 65.7. The second-order valence-corrected chi connectivity index (χ2v) is 28.2. The van der Waals surface area contributed by atoms with Gasteiger partial charge in [0.05, 0.1) is 52.6 Å². The van der Waals surface area contributed by atoms with E-state index < -0.39 is 58.5 Å². The summed E-state index contributed by atoms with van der Waals surface area (Å²) in [7, 11) is 0. The average molecular weight is 1300 g/mol. The number of hydrogen-bond acceptors (Lipinski definition) is 18. The lowest BCUT2D eigenvalue weighted by Gasteiger charge is -2.48. The van der Waals surface area contributed by atoms with Crippen molar-refractivity contribution in [2.75, 3.05) is 133 Å². The number of carbonyl (C=O) groups is 6. The van der Waals surface area contributed by atoms with Gasteiger partial charge in [0, 0.05) is 129 Å². The Hall–Kier alpha value is -6.97. The van der Waals surface area contributed by atoms with Gasteiger partial charge in [0.2, 0.25) is 35.4 Å². The number of halogens is 2. The number of anilines is 3. The Bertz CT molecular complexity index is 3180. The molecular formula is C66H95F2N15O8S. The van der Waals surface area contributed by atoms with E-state index in [0.29, 0.717) is 96.2 Å². The molecular weight excluding hydrogens is 1200 g/mol. The Morgan fingerprint density at radius 1 is 0.804 bits per heavy atom. The molecule has 92 heavy (non-hydrogen) atoms. The van der Waals surface area contributed by atoms with Crippen molar-refractivity contribution in [3.05, 3.63) is 82.8 Å². The molecule has 0 aliphatic carbocycles. The second kappa shape index (κ2) is 31.3. The number of nitrogens with zero attached hydrogens (tertiary/aromatic N) is 9. The number of rotatable bonds is 26. The zero-order valence-electron chi connectivity index (χ0n) is 54.6. The highest BCUT2D eigenvalue weighted by molar-refractivity contribution is 7.13. The number of carbonyl (C=O) groups excluding carboxylic acids is 6. The van der Waals surface area contributed by atoms with Crippen LogP contribution in [0.3, 0.4) is 0 Å². The third kappa shape index (κ3) is 19.1. The van der Waals surface area contributed by atoms with E-state index in [2.05, 4.69) is 80.3 Å². The minimum atomic E-state index is -1.01. The maximum absolute atomic E-state index is 15.7. The van der Waals surface area contributed by atoms with Crippen LogP contribution in [-0.2, 0) is 40.0 Å². The number of aromatic nitrogens is 3. The number of ether oxygens (including phenoxy) is 1. The normalized spacial score (nSPS) is 20.3. The van der Waals surface area contributed by atoms with E-state index in [-0.39, 0.29) is 73.8 Å². The number of amides is 6. The molecule has 9 rings (SSSR count). The van der Waals surface area contributed by atoms with Gasteiger partial charge in [0.15, 0.2) is 0 Å². The SMILES string of the molecule is Cc1ncsc1-c1ccc([C@H](C)NC(=O)[C@@H]2C[C@@H](O)CN2C(=O)[C@@H](NC(=O)CCC(=O)NCCN2CCN(CCOCC(=O)NCCCNc3cc(N4CCC5(CC4)CN(c4cc(F)c(CN6CCC(C)(C)CC6)cc4F)CC(=O)N5)ncn3)CC2)C(C)(C)C)cc1. The smallest absolute Gasteiger partial charge is 0.246 e. The fraction of sp³-hybridized carbons (Fsp3) is 0.621. The largest absolute Gasteiger partial charge is 0.391 e. The summed E-state index contributed by atoms with van der Waals surface area (Å²) < 4.78 is 37.0. The van der Waals surface area contributed by atoms with Crippen LogP contribution in [0.2, 0.25) is 0 Å². The number of aliphatic hydroxyl groups excluding tert-OH is 1. The van der Waals surface area contributed by atoms with Crippen molar-refractivity contribution in [3.63, 3.8) is 0 Å². The van der Waals surface area contributed by atoms with Crippen molar-refractivity contribution in [2.45, 2.75) is 136 Å². The number of hydrogen-bond donors (Lipinski definition) is 7. The molecule has 4 aromatic rings. The second-order valence-electron chi connectivity index (χ2n) is 27.4. The van der Waals surface area contributed by atoms with Gasteiger partial charge >= 0.3 is 0 Å². The van der Waals surface area contributed by atoms with Crippen LogP contribution in [0.1, 0.15) is 116 Å². The van der Waals surface area contributed by atoms with Gasteiger partial charge in [0.25, 0.3) is 0 Å². The standard InChI is InChI=1S/C66H95F2N15O8S/c1-44(46-9-11-47(12-10-46)60-45(2)74-43-92-60)75-62(89)53-34-49(84)38-83(53)63(90)61(64(3,4)5)76-57(86)14-13-56(85)71-21-26-78-27-29-79(30-28-78)31-32-91-40-59(88)70-20-8-19-69-54-36-55(73-42-72-54)81-24-17-66(18-25-81)41-82(39-58(87)77-66)52-35-50(67)48(33-51(52)68)37-80-22-15-65(6,7)16-23-80/h9-12,33,35-36,42-44,49,53,61,84H,8,13-32,34,37-41H2,1-7H3,(H,70,88)(H,71,85)(H,75,89)(H,76,86)(H,77,87)(H,69,72,73)/t44-,49+,53-,61+/m0/s1. The van der Waals surface area contributed by atoms with Crippen molar-refractivity contribution in [3.8, 4) is 10.4 Å². The van der Waals surface area contributed by atoms with Gasteiger partial charge in [-0.15, -0.1) is 11.3 Å². The monoisotopic (exact) mass is 1300 g/mol.